The molecule has 116 valence electrons. The minimum absolute atomic E-state index is 0.0149. The van der Waals surface area contributed by atoms with Crippen molar-refractivity contribution >= 4 is 34.8 Å². The minimum atomic E-state index is -0.944. The summed E-state index contributed by atoms with van der Waals surface area (Å²) in [4.78, 5) is 23.7. The third-order valence-electron chi connectivity index (χ3n) is 3.14. The molecular weight excluding hydrogens is 322 g/mol. The van der Waals surface area contributed by atoms with Gasteiger partial charge in [0.25, 0.3) is 0 Å². The first kappa shape index (κ1) is 16.5. The Morgan fingerprint density at radius 1 is 1.18 bits per heavy atom. The highest BCUT2D eigenvalue weighted by Gasteiger charge is 2.06. The van der Waals surface area contributed by atoms with Gasteiger partial charge in [-0.2, -0.15) is 0 Å². The van der Waals surface area contributed by atoms with Crippen molar-refractivity contribution in [2.24, 2.45) is 0 Å². The minimum Gasteiger partial charge on any atom is -0.478 e. The number of hydrogen-bond acceptors (Lipinski definition) is 3. The SMILES string of the molecule is O=C(CCc1ccc(Cl)s1)NCCc1cccc(C(=O)O)c1. The zero-order chi connectivity index (χ0) is 15.9. The molecule has 4 nitrogen and oxygen atoms in total. The summed E-state index contributed by atoms with van der Waals surface area (Å²) in [6.45, 7) is 0.493. The van der Waals surface area contributed by atoms with Gasteiger partial charge in [0.15, 0.2) is 0 Å². The number of carbonyl (C=O) groups excluding carboxylic acids is 1. The number of benzene rings is 1. The smallest absolute Gasteiger partial charge is 0.335 e. The second-order valence-corrected chi connectivity index (χ2v) is 6.61. The van der Waals surface area contributed by atoms with Crippen LogP contribution < -0.4 is 5.32 Å². The summed E-state index contributed by atoms with van der Waals surface area (Å²) in [6.07, 6.45) is 1.71. The second kappa shape index (κ2) is 7.96. The summed E-state index contributed by atoms with van der Waals surface area (Å²) in [7, 11) is 0. The van der Waals surface area contributed by atoms with Crippen LogP contribution in [-0.2, 0) is 17.6 Å². The molecule has 0 spiro atoms. The number of rotatable bonds is 7. The second-order valence-electron chi connectivity index (χ2n) is 4.81. The summed E-state index contributed by atoms with van der Waals surface area (Å²) in [5.74, 6) is -0.959. The van der Waals surface area contributed by atoms with Crippen molar-refractivity contribution in [3.63, 3.8) is 0 Å². The lowest BCUT2D eigenvalue weighted by molar-refractivity contribution is -0.121. The third-order valence-corrected chi connectivity index (χ3v) is 4.43. The Morgan fingerprint density at radius 2 is 2.00 bits per heavy atom. The van der Waals surface area contributed by atoms with E-state index >= 15 is 0 Å². The Kier molecular flexibility index (Phi) is 5.98. The Morgan fingerprint density at radius 3 is 2.68 bits per heavy atom. The molecule has 2 rings (SSSR count). The quantitative estimate of drug-likeness (QED) is 0.813. The van der Waals surface area contributed by atoms with E-state index in [0.717, 1.165) is 14.8 Å². The van der Waals surface area contributed by atoms with E-state index in [0.29, 0.717) is 25.8 Å². The monoisotopic (exact) mass is 337 g/mol. The van der Waals surface area contributed by atoms with E-state index in [4.69, 9.17) is 16.7 Å². The topological polar surface area (TPSA) is 66.4 Å². The molecule has 0 atom stereocenters. The van der Waals surface area contributed by atoms with Crippen molar-refractivity contribution in [1.82, 2.24) is 5.32 Å². The van der Waals surface area contributed by atoms with E-state index in [2.05, 4.69) is 5.32 Å². The van der Waals surface area contributed by atoms with Crippen LogP contribution >= 0.6 is 22.9 Å². The van der Waals surface area contributed by atoms with Crippen molar-refractivity contribution in [3.05, 3.63) is 56.7 Å². The lowest BCUT2D eigenvalue weighted by Gasteiger charge is -2.05. The molecule has 0 saturated heterocycles. The average Bonchev–Trinajstić information content (AvgIpc) is 2.91. The van der Waals surface area contributed by atoms with Gasteiger partial charge in [-0.05, 0) is 42.7 Å². The van der Waals surface area contributed by atoms with Crippen LogP contribution in [0.4, 0.5) is 0 Å². The Bertz CT molecular complexity index is 669. The predicted molar refractivity (Wildman–Crippen MR) is 87.8 cm³/mol. The fraction of sp³-hybridized carbons (Fsp3) is 0.250. The van der Waals surface area contributed by atoms with Gasteiger partial charge in [-0.15, -0.1) is 11.3 Å². The molecule has 0 unspecified atom stereocenters. The Labute approximate surface area is 137 Å². The van der Waals surface area contributed by atoms with E-state index in [1.165, 1.54) is 11.3 Å². The van der Waals surface area contributed by atoms with E-state index in [1.54, 1.807) is 18.2 Å². The van der Waals surface area contributed by atoms with Crippen LogP contribution in [0.5, 0.6) is 0 Å². The first-order valence-electron chi connectivity index (χ1n) is 6.88. The van der Waals surface area contributed by atoms with Gasteiger partial charge in [0, 0.05) is 17.8 Å². The first-order chi connectivity index (χ1) is 10.5. The number of aryl methyl sites for hydroxylation is 1. The molecule has 0 aliphatic rings. The van der Waals surface area contributed by atoms with Crippen molar-refractivity contribution in [3.8, 4) is 0 Å². The fourth-order valence-electron chi connectivity index (χ4n) is 2.02. The predicted octanol–water partition coefficient (Wildman–Crippen LogP) is 3.39. The maximum atomic E-state index is 11.8. The lowest BCUT2D eigenvalue weighted by atomic mass is 10.1. The highest BCUT2D eigenvalue weighted by molar-refractivity contribution is 7.16. The van der Waals surface area contributed by atoms with Gasteiger partial charge in [-0.25, -0.2) is 4.79 Å². The summed E-state index contributed by atoms with van der Waals surface area (Å²) in [5, 5.41) is 11.8. The number of carbonyl (C=O) groups is 2. The number of aromatic carboxylic acids is 1. The fourth-order valence-corrected chi connectivity index (χ4v) is 3.10. The molecule has 1 aromatic heterocycles. The average molecular weight is 338 g/mol. The molecule has 2 N–H and O–H groups in total. The normalized spacial score (nSPS) is 10.4. The van der Waals surface area contributed by atoms with Gasteiger partial charge in [0.2, 0.25) is 5.91 Å². The van der Waals surface area contributed by atoms with Crippen LogP contribution in [0.25, 0.3) is 0 Å². The molecule has 0 aliphatic carbocycles. The van der Waals surface area contributed by atoms with Gasteiger partial charge in [0.1, 0.15) is 0 Å². The Hall–Kier alpha value is -1.85. The highest BCUT2D eigenvalue weighted by Crippen LogP contribution is 2.22. The number of nitrogens with one attached hydrogen (secondary N) is 1. The Balaban J connectivity index is 1.72. The van der Waals surface area contributed by atoms with Gasteiger partial charge in [-0.3, -0.25) is 4.79 Å². The van der Waals surface area contributed by atoms with Crippen LogP contribution in [0.2, 0.25) is 4.34 Å². The van der Waals surface area contributed by atoms with E-state index in [-0.39, 0.29) is 11.5 Å². The molecule has 1 heterocycles. The molecule has 22 heavy (non-hydrogen) atoms. The summed E-state index contributed by atoms with van der Waals surface area (Å²) >= 11 is 7.32. The molecule has 1 amide bonds. The van der Waals surface area contributed by atoms with Crippen LogP contribution in [0.3, 0.4) is 0 Å². The molecule has 0 radical (unpaired) electrons. The van der Waals surface area contributed by atoms with Gasteiger partial charge < -0.3 is 10.4 Å². The van der Waals surface area contributed by atoms with E-state index < -0.39 is 5.97 Å². The lowest BCUT2D eigenvalue weighted by Crippen LogP contribution is -2.25. The number of hydrogen-bond donors (Lipinski definition) is 2. The zero-order valence-corrected chi connectivity index (χ0v) is 13.4. The van der Waals surface area contributed by atoms with Crippen LogP contribution in [0.15, 0.2) is 36.4 Å². The summed E-state index contributed by atoms with van der Waals surface area (Å²) in [5.41, 5.74) is 1.16. The van der Waals surface area contributed by atoms with Gasteiger partial charge in [-0.1, -0.05) is 23.7 Å². The highest BCUT2D eigenvalue weighted by atomic mass is 35.5. The van der Waals surface area contributed by atoms with Gasteiger partial charge >= 0.3 is 5.97 Å². The zero-order valence-electron chi connectivity index (χ0n) is 11.8. The van der Waals surface area contributed by atoms with E-state index in [9.17, 15) is 9.59 Å². The number of thiophene rings is 1. The molecule has 2 aromatic rings. The first-order valence-corrected chi connectivity index (χ1v) is 8.07. The number of halogens is 1. The van der Waals surface area contributed by atoms with E-state index in [1.807, 2.05) is 18.2 Å². The van der Waals surface area contributed by atoms with Crippen LogP contribution in [0.1, 0.15) is 27.2 Å². The van der Waals surface area contributed by atoms with Gasteiger partial charge in [0.05, 0.1) is 9.90 Å². The molecular formula is C16H16ClNO3S. The van der Waals surface area contributed by atoms with Crippen molar-refractivity contribution in [1.29, 1.82) is 0 Å². The molecule has 6 heteroatoms. The van der Waals surface area contributed by atoms with Crippen molar-refractivity contribution in [2.45, 2.75) is 19.3 Å². The maximum Gasteiger partial charge on any atom is 0.335 e. The molecule has 1 aromatic carbocycles. The van der Waals surface area contributed by atoms with Crippen molar-refractivity contribution in [2.75, 3.05) is 6.54 Å². The molecule has 0 bridgehead atoms. The number of carboxylic acid groups (broad SMARTS) is 1. The third kappa shape index (κ3) is 5.16. The standard InChI is InChI=1S/C16H16ClNO3S/c17-14-6-4-13(22-14)5-7-15(19)18-9-8-11-2-1-3-12(10-11)16(20)21/h1-4,6,10H,5,7-9H2,(H,18,19)(H,20,21). The number of amides is 1. The largest absolute Gasteiger partial charge is 0.478 e. The summed E-state index contributed by atoms with van der Waals surface area (Å²) < 4.78 is 0.730. The number of carboxylic acids is 1. The molecule has 0 fully saturated rings. The molecule has 0 saturated carbocycles. The maximum absolute atomic E-state index is 11.8. The van der Waals surface area contributed by atoms with Crippen LogP contribution in [-0.4, -0.2) is 23.5 Å². The molecule has 0 aliphatic heterocycles. The summed E-state index contributed by atoms with van der Waals surface area (Å²) in [6, 6.07) is 10.5. The van der Waals surface area contributed by atoms with Crippen molar-refractivity contribution < 1.29 is 14.7 Å². The van der Waals surface area contributed by atoms with Crippen LogP contribution in [0, 0.1) is 0 Å².